The molecule has 0 aliphatic heterocycles. The first-order valence-electron chi connectivity index (χ1n) is 6.95. The first-order chi connectivity index (χ1) is 12.0. The molecule has 4 aromatic heterocycles. The van der Waals surface area contributed by atoms with Crippen LogP contribution in [0.4, 0.5) is 0 Å². The van der Waals surface area contributed by atoms with E-state index in [1.165, 1.54) is 25.3 Å². The Labute approximate surface area is 140 Å². The molecule has 0 saturated heterocycles. The third-order valence-corrected chi connectivity index (χ3v) is 2.01. The van der Waals surface area contributed by atoms with Crippen LogP contribution in [0, 0.1) is 0 Å². The van der Waals surface area contributed by atoms with Crippen LogP contribution in [0.2, 0.25) is 0 Å². The lowest BCUT2D eigenvalue weighted by Crippen LogP contribution is -1.73. The number of aromatic nitrogens is 7. The van der Waals surface area contributed by atoms with Gasteiger partial charge >= 0.3 is 0 Å². The van der Waals surface area contributed by atoms with Crippen LogP contribution in [0.3, 0.4) is 0 Å². The third kappa shape index (κ3) is 13.4. The highest BCUT2D eigenvalue weighted by Gasteiger charge is 1.60. The van der Waals surface area contributed by atoms with Crippen molar-refractivity contribution >= 4 is 0 Å². The van der Waals surface area contributed by atoms with Crippen molar-refractivity contribution in [1.82, 2.24) is 34.9 Å². The van der Waals surface area contributed by atoms with E-state index in [1.807, 2.05) is 36.4 Å². The van der Waals surface area contributed by atoms with E-state index in [0.29, 0.717) is 0 Å². The average molecular weight is 319 g/mol. The van der Waals surface area contributed by atoms with E-state index >= 15 is 0 Å². The number of hydrogen-bond acceptors (Lipinski definition) is 7. The highest BCUT2D eigenvalue weighted by atomic mass is 14.9. The minimum Gasteiger partial charge on any atom is -0.265 e. The van der Waals surface area contributed by atoms with Gasteiger partial charge in [-0.05, 0) is 30.3 Å². The fourth-order valence-electron chi connectivity index (χ4n) is 1.08. The van der Waals surface area contributed by atoms with Crippen LogP contribution < -0.4 is 0 Å². The maximum atomic E-state index is 3.78. The van der Waals surface area contributed by atoms with Crippen molar-refractivity contribution in [3.63, 3.8) is 0 Å². The van der Waals surface area contributed by atoms with Gasteiger partial charge in [0.2, 0.25) is 0 Å². The molecule has 0 aromatic carbocycles. The van der Waals surface area contributed by atoms with E-state index in [9.17, 15) is 0 Å². The lowest BCUT2D eigenvalue weighted by Gasteiger charge is -1.70. The van der Waals surface area contributed by atoms with Crippen LogP contribution in [0.5, 0.6) is 0 Å². The molecule has 0 aliphatic rings. The van der Waals surface area contributed by atoms with Crippen molar-refractivity contribution in [2.75, 3.05) is 0 Å². The number of nitrogens with zero attached hydrogens (tertiary/aromatic N) is 7. The number of pyridine rings is 2. The van der Waals surface area contributed by atoms with Gasteiger partial charge in [-0.2, -0.15) is 0 Å². The summed E-state index contributed by atoms with van der Waals surface area (Å²) in [6.45, 7) is 0. The van der Waals surface area contributed by atoms with E-state index in [1.54, 1.807) is 43.2 Å². The van der Waals surface area contributed by atoms with Gasteiger partial charge in [-0.15, -0.1) is 0 Å². The Morgan fingerprint density at radius 2 is 0.583 bits per heavy atom. The van der Waals surface area contributed by atoms with Gasteiger partial charge in [0.25, 0.3) is 0 Å². The Morgan fingerprint density at radius 3 is 0.708 bits per heavy atom. The van der Waals surface area contributed by atoms with Gasteiger partial charge < -0.3 is 0 Å². The summed E-state index contributed by atoms with van der Waals surface area (Å²) in [5, 5.41) is 0. The topological polar surface area (TPSA) is 90.2 Å². The molecule has 0 N–H and O–H groups in total. The molecule has 0 unspecified atom stereocenters. The van der Waals surface area contributed by atoms with Gasteiger partial charge in [-0.1, -0.05) is 12.1 Å². The van der Waals surface area contributed by atoms with E-state index < -0.39 is 0 Å². The first kappa shape index (κ1) is 18.4. The average Bonchev–Trinajstić information content (AvgIpc) is 2.75. The molecule has 7 nitrogen and oxygen atoms in total. The molecule has 0 saturated carbocycles. The van der Waals surface area contributed by atoms with Gasteiger partial charge in [-0.3, -0.25) is 9.97 Å². The molecule has 7 heteroatoms. The van der Waals surface area contributed by atoms with Gasteiger partial charge in [-0.25, -0.2) is 24.9 Å². The molecule has 0 bridgehead atoms. The van der Waals surface area contributed by atoms with Gasteiger partial charge in [0, 0.05) is 37.2 Å². The lowest BCUT2D eigenvalue weighted by molar-refractivity contribution is 1.05. The van der Waals surface area contributed by atoms with E-state index in [4.69, 9.17) is 0 Å². The summed E-state index contributed by atoms with van der Waals surface area (Å²) in [5.41, 5.74) is 0. The molecule has 0 radical (unpaired) electrons. The summed E-state index contributed by atoms with van der Waals surface area (Å²) < 4.78 is 0. The van der Waals surface area contributed by atoms with Crippen LogP contribution in [-0.2, 0) is 0 Å². The molecule has 0 aliphatic carbocycles. The quantitative estimate of drug-likeness (QED) is 0.492. The molecule has 4 rings (SSSR count). The molecular weight excluding hydrogens is 302 g/mol. The molecule has 120 valence electrons. The first-order valence-corrected chi connectivity index (χ1v) is 6.95. The normalized spacial score (nSPS) is 8.00. The number of hydrogen-bond donors (Lipinski definition) is 0. The highest BCUT2D eigenvalue weighted by molar-refractivity contribution is 4.88. The summed E-state index contributed by atoms with van der Waals surface area (Å²) in [6, 6.07) is 13.2. The van der Waals surface area contributed by atoms with Gasteiger partial charge in [0.05, 0.1) is 0 Å². The summed E-state index contributed by atoms with van der Waals surface area (Å²) in [7, 11) is 0. The minimum absolute atomic E-state index is 1.44. The SMILES string of the molecule is c1ccncc1.c1ccncc1.c1cncnc1.c1ncncn1. The molecule has 4 aromatic rings. The minimum atomic E-state index is 1.44. The lowest BCUT2D eigenvalue weighted by atomic mass is 10.5. The third-order valence-electron chi connectivity index (χ3n) is 2.01. The summed E-state index contributed by atoms with van der Waals surface area (Å²) >= 11 is 0. The zero-order chi connectivity index (χ0) is 17.0. The fourth-order valence-corrected chi connectivity index (χ4v) is 1.08. The summed E-state index contributed by atoms with van der Waals surface area (Å²) in [4.78, 5) is 25.6. The molecule has 0 spiro atoms. The maximum absolute atomic E-state index is 3.78. The van der Waals surface area contributed by atoms with Crippen LogP contribution in [0.15, 0.2) is 105 Å². The summed E-state index contributed by atoms with van der Waals surface area (Å²) in [6.07, 6.45) is 16.2. The van der Waals surface area contributed by atoms with Gasteiger partial charge in [0.1, 0.15) is 25.3 Å². The predicted molar refractivity (Wildman–Crippen MR) is 90.3 cm³/mol. The monoisotopic (exact) mass is 319 g/mol. The zero-order valence-corrected chi connectivity index (χ0v) is 12.9. The van der Waals surface area contributed by atoms with E-state index in [0.717, 1.165) is 0 Å². The van der Waals surface area contributed by atoms with E-state index in [-0.39, 0.29) is 0 Å². The molecular formula is C17H17N7. The van der Waals surface area contributed by atoms with Crippen molar-refractivity contribution in [3.05, 3.63) is 105 Å². The Balaban J connectivity index is 0.000000160. The molecule has 0 fully saturated rings. The van der Waals surface area contributed by atoms with Crippen molar-refractivity contribution in [2.24, 2.45) is 0 Å². The Bertz CT molecular complexity index is 435. The molecule has 4 heterocycles. The number of rotatable bonds is 0. The second-order valence-corrected chi connectivity index (χ2v) is 3.75. The second kappa shape index (κ2) is 15.8. The van der Waals surface area contributed by atoms with Crippen LogP contribution >= 0.6 is 0 Å². The van der Waals surface area contributed by atoms with Crippen LogP contribution in [-0.4, -0.2) is 34.9 Å². The predicted octanol–water partition coefficient (Wildman–Crippen LogP) is 2.51. The largest absolute Gasteiger partial charge is 0.265 e. The Morgan fingerprint density at radius 1 is 0.250 bits per heavy atom. The van der Waals surface area contributed by atoms with E-state index in [2.05, 4.69) is 34.9 Å². The highest BCUT2D eigenvalue weighted by Crippen LogP contribution is 1.74. The van der Waals surface area contributed by atoms with Crippen molar-refractivity contribution in [1.29, 1.82) is 0 Å². The molecule has 0 amide bonds. The smallest absolute Gasteiger partial charge is 0.119 e. The molecule has 0 atom stereocenters. The van der Waals surface area contributed by atoms with Crippen LogP contribution in [0.25, 0.3) is 0 Å². The van der Waals surface area contributed by atoms with Gasteiger partial charge in [0.15, 0.2) is 0 Å². The molecule has 24 heavy (non-hydrogen) atoms. The van der Waals surface area contributed by atoms with Crippen LogP contribution in [0.1, 0.15) is 0 Å². The standard InChI is InChI=1S/2C5H5N.C4H4N2.C3H3N3/c2*1-2-4-6-5-3-1;1-2-5-4-6-3-1;1-4-2-6-3-5-1/h2*1-5H;1-4H;1-3H. The van der Waals surface area contributed by atoms with Crippen molar-refractivity contribution < 1.29 is 0 Å². The Hall–Kier alpha value is -3.61. The van der Waals surface area contributed by atoms with Crippen molar-refractivity contribution in [2.45, 2.75) is 0 Å². The summed E-state index contributed by atoms with van der Waals surface area (Å²) in [5.74, 6) is 0. The van der Waals surface area contributed by atoms with Crippen molar-refractivity contribution in [3.8, 4) is 0 Å². The maximum Gasteiger partial charge on any atom is 0.119 e. The zero-order valence-electron chi connectivity index (χ0n) is 12.9. The second-order valence-electron chi connectivity index (χ2n) is 3.75. The Kier molecular flexibility index (Phi) is 12.1. The fraction of sp³-hybridized carbons (Fsp3) is 0.